The number of piperazine rings is 1. The molecule has 1 fully saturated rings. The van der Waals surface area contributed by atoms with Gasteiger partial charge in [0.25, 0.3) is 0 Å². The normalized spacial score (nSPS) is 25.1. The molecule has 4 nitrogen and oxygen atoms in total. The van der Waals surface area contributed by atoms with Crippen LogP contribution in [0.5, 0.6) is 0 Å². The van der Waals surface area contributed by atoms with Crippen LogP contribution in [-0.2, 0) is 9.59 Å². The molecule has 0 aromatic rings. The van der Waals surface area contributed by atoms with Crippen molar-refractivity contribution >= 4 is 11.8 Å². The van der Waals surface area contributed by atoms with E-state index in [4.69, 9.17) is 0 Å². The van der Waals surface area contributed by atoms with Crippen LogP contribution >= 0.6 is 0 Å². The fraction of sp³-hybridized carbons (Fsp3) is 0.818. The summed E-state index contributed by atoms with van der Waals surface area (Å²) in [5, 5.41) is 2.59. The summed E-state index contributed by atoms with van der Waals surface area (Å²) in [6, 6.07) is -0.300. The summed E-state index contributed by atoms with van der Waals surface area (Å²) in [6.07, 6.45) is 0. The molecular weight excluding hydrogens is 192 g/mol. The number of carbonyl (C=O) groups is 2. The molecule has 1 saturated heterocycles. The van der Waals surface area contributed by atoms with E-state index in [-0.39, 0.29) is 35.9 Å². The van der Waals surface area contributed by atoms with Gasteiger partial charge in [0, 0.05) is 6.04 Å². The van der Waals surface area contributed by atoms with Crippen LogP contribution in [0.2, 0.25) is 0 Å². The van der Waals surface area contributed by atoms with Crippen molar-refractivity contribution in [3.63, 3.8) is 0 Å². The second-order valence-corrected chi connectivity index (χ2v) is 5.24. The molecule has 0 spiro atoms. The second-order valence-electron chi connectivity index (χ2n) is 5.24. The highest BCUT2D eigenvalue weighted by Crippen LogP contribution is 2.26. The summed E-state index contributed by atoms with van der Waals surface area (Å²) in [4.78, 5) is 24.9. The summed E-state index contributed by atoms with van der Waals surface area (Å²) in [7, 11) is 0. The van der Waals surface area contributed by atoms with Crippen molar-refractivity contribution in [1.82, 2.24) is 10.2 Å². The minimum atomic E-state index is -0.361. The predicted octanol–water partition coefficient (Wildman–Crippen LogP) is 0.768. The minimum Gasteiger partial charge on any atom is -0.345 e. The SMILES string of the molecule is CC1C(=O)NCC(=O)N1C(C)C(C)(C)C. The van der Waals surface area contributed by atoms with Gasteiger partial charge in [-0.05, 0) is 19.3 Å². The molecule has 1 rings (SSSR count). The maximum atomic E-state index is 11.7. The molecule has 15 heavy (non-hydrogen) atoms. The first-order chi connectivity index (χ1) is 6.75. The summed E-state index contributed by atoms with van der Waals surface area (Å²) in [5.74, 6) is -0.0600. The first-order valence-electron chi connectivity index (χ1n) is 5.34. The van der Waals surface area contributed by atoms with Crippen LogP contribution in [-0.4, -0.2) is 35.3 Å². The highest BCUT2D eigenvalue weighted by molar-refractivity contribution is 5.94. The van der Waals surface area contributed by atoms with Gasteiger partial charge >= 0.3 is 0 Å². The average molecular weight is 212 g/mol. The molecular formula is C11H20N2O2. The van der Waals surface area contributed by atoms with Crippen LogP contribution < -0.4 is 5.32 Å². The molecule has 0 aromatic carbocycles. The molecule has 2 amide bonds. The Kier molecular flexibility index (Phi) is 3.07. The molecule has 0 saturated carbocycles. The fourth-order valence-electron chi connectivity index (χ4n) is 1.71. The lowest BCUT2D eigenvalue weighted by molar-refractivity contribution is -0.149. The summed E-state index contributed by atoms with van der Waals surface area (Å²) in [6.45, 7) is 10.1. The molecule has 4 heteroatoms. The Morgan fingerprint density at radius 3 is 2.40 bits per heavy atom. The van der Waals surface area contributed by atoms with Crippen LogP contribution in [0.1, 0.15) is 34.6 Å². The van der Waals surface area contributed by atoms with Gasteiger partial charge in [-0.25, -0.2) is 0 Å². The van der Waals surface area contributed by atoms with Gasteiger partial charge in [-0.15, -0.1) is 0 Å². The van der Waals surface area contributed by atoms with Gasteiger partial charge in [-0.2, -0.15) is 0 Å². The van der Waals surface area contributed by atoms with Gasteiger partial charge in [0.15, 0.2) is 0 Å². The van der Waals surface area contributed by atoms with Crippen molar-refractivity contribution in [2.24, 2.45) is 5.41 Å². The molecule has 86 valence electrons. The van der Waals surface area contributed by atoms with Gasteiger partial charge in [0.2, 0.25) is 11.8 Å². The second kappa shape index (κ2) is 3.83. The standard InChI is InChI=1S/C11H20N2O2/c1-7-10(15)12-6-9(14)13(7)8(2)11(3,4)5/h7-8H,6H2,1-5H3,(H,12,15). The lowest BCUT2D eigenvalue weighted by atomic mass is 9.85. The molecule has 0 bridgehead atoms. The predicted molar refractivity (Wildman–Crippen MR) is 58.2 cm³/mol. The highest BCUT2D eigenvalue weighted by atomic mass is 16.2. The lowest BCUT2D eigenvalue weighted by Crippen LogP contribution is -2.62. The zero-order valence-corrected chi connectivity index (χ0v) is 10.1. The van der Waals surface area contributed by atoms with Gasteiger partial charge in [0.1, 0.15) is 6.04 Å². The van der Waals surface area contributed by atoms with Crippen LogP contribution in [0.15, 0.2) is 0 Å². The zero-order chi connectivity index (χ0) is 11.8. The van der Waals surface area contributed by atoms with Gasteiger partial charge < -0.3 is 10.2 Å². The van der Waals surface area contributed by atoms with E-state index in [9.17, 15) is 9.59 Å². The molecule has 2 unspecified atom stereocenters. The number of nitrogens with zero attached hydrogens (tertiary/aromatic N) is 1. The number of amides is 2. The molecule has 1 aliphatic heterocycles. The molecule has 1 N–H and O–H groups in total. The third-order valence-electron chi connectivity index (χ3n) is 3.17. The maximum absolute atomic E-state index is 11.7. The Morgan fingerprint density at radius 1 is 1.40 bits per heavy atom. The summed E-state index contributed by atoms with van der Waals surface area (Å²) >= 11 is 0. The van der Waals surface area contributed by atoms with E-state index >= 15 is 0 Å². The minimum absolute atomic E-state index is 0.00419. The zero-order valence-electron chi connectivity index (χ0n) is 10.1. The van der Waals surface area contributed by atoms with Gasteiger partial charge in [-0.3, -0.25) is 9.59 Å². The first-order valence-corrected chi connectivity index (χ1v) is 5.34. The Balaban J connectivity index is 2.90. The van der Waals surface area contributed by atoms with Gasteiger partial charge in [-0.1, -0.05) is 20.8 Å². The van der Waals surface area contributed by atoms with E-state index in [0.29, 0.717) is 0 Å². The first kappa shape index (κ1) is 12.0. The molecule has 0 aromatic heterocycles. The van der Waals surface area contributed by atoms with Crippen LogP contribution in [0.25, 0.3) is 0 Å². The number of hydrogen-bond donors (Lipinski definition) is 1. The van der Waals surface area contributed by atoms with Crippen LogP contribution in [0.3, 0.4) is 0 Å². The highest BCUT2D eigenvalue weighted by Gasteiger charge is 2.38. The fourth-order valence-corrected chi connectivity index (χ4v) is 1.71. The Labute approximate surface area is 91.0 Å². The maximum Gasteiger partial charge on any atom is 0.242 e. The van der Waals surface area contributed by atoms with E-state index in [1.165, 1.54) is 0 Å². The molecule has 0 aliphatic carbocycles. The number of carbonyl (C=O) groups excluding carboxylic acids is 2. The summed E-state index contributed by atoms with van der Waals surface area (Å²) in [5.41, 5.74) is -0.0124. The third-order valence-corrected chi connectivity index (χ3v) is 3.17. The number of nitrogens with one attached hydrogen (secondary N) is 1. The van der Waals surface area contributed by atoms with Crippen molar-refractivity contribution in [2.75, 3.05) is 6.54 Å². The van der Waals surface area contributed by atoms with Crippen LogP contribution in [0, 0.1) is 5.41 Å². The molecule has 0 radical (unpaired) electrons. The molecule has 2 atom stereocenters. The van der Waals surface area contributed by atoms with Gasteiger partial charge in [0.05, 0.1) is 6.54 Å². The smallest absolute Gasteiger partial charge is 0.242 e. The van der Waals surface area contributed by atoms with Crippen molar-refractivity contribution in [3.8, 4) is 0 Å². The summed E-state index contributed by atoms with van der Waals surface area (Å²) < 4.78 is 0. The largest absolute Gasteiger partial charge is 0.345 e. The Bertz CT molecular complexity index is 281. The van der Waals surface area contributed by atoms with Crippen molar-refractivity contribution in [3.05, 3.63) is 0 Å². The topological polar surface area (TPSA) is 49.4 Å². The van der Waals surface area contributed by atoms with Crippen molar-refractivity contribution < 1.29 is 9.59 Å². The molecule has 1 heterocycles. The average Bonchev–Trinajstić information content (AvgIpc) is 2.10. The number of rotatable bonds is 1. The lowest BCUT2D eigenvalue weighted by Gasteiger charge is -2.43. The quantitative estimate of drug-likeness (QED) is 0.698. The van der Waals surface area contributed by atoms with E-state index in [1.54, 1.807) is 11.8 Å². The van der Waals surface area contributed by atoms with E-state index in [0.717, 1.165) is 0 Å². The van der Waals surface area contributed by atoms with E-state index < -0.39 is 0 Å². The van der Waals surface area contributed by atoms with Crippen LogP contribution in [0.4, 0.5) is 0 Å². The van der Waals surface area contributed by atoms with Crippen molar-refractivity contribution in [1.29, 1.82) is 0 Å². The Hall–Kier alpha value is -1.06. The van der Waals surface area contributed by atoms with E-state index in [1.807, 2.05) is 6.92 Å². The molecule has 1 aliphatic rings. The Morgan fingerprint density at radius 2 is 1.93 bits per heavy atom. The van der Waals surface area contributed by atoms with E-state index in [2.05, 4.69) is 26.1 Å². The monoisotopic (exact) mass is 212 g/mol. The van der Waals surface area contributed by atoms with Crippen molar-refractivity contribution in [2.45, 2.75) is 46.7 Å². The number of hydrogen-bond acceptors (Lipinski definition) is 2. The third kappa shape index (κ3) is 2.30.